The molecule has 1 saturated heterocycles. The molecule has 21 heavy (non-hydrogen) atoms. The summed E-state index contributed by atoms with van der Waals surface area (Å²) in [6.07, 6.45) is -1.00. The van der Waals surface area contributed by atoms with E-state index in [0.717, 1.165) is 5.56 Å². The highest BCUT2D eigenvalue weighted by Crippen LogP contribution is 2.35. The van der Waals surface area contributed by atoms with Crippen LogP contribution in [0.5, 0.6) is 0 Å². The number of amides is 2. The van der Waals surface area contributed by atoms with Gasteiger partial charge in [-0.1, -0.05) is 32.4 Å². The summed E-state index contributed by atoms with van der Waals surface area (Å²) in [6, 6.07) is 1.40. The molecular formula is C14H21ClN4O2. The molecule has 2 amide bonds. The molecule has 1 fully saturated rings. The van der Waals surface area contributed by atoms with E-state index in [1.807, 2.05) is 20.8 Å². The minimum absolute atomic E-state index is 0.239. The van der Waals surface area contributed by atoms with E-state index in [1.165, 1.54) is 9.80 Å². The molecule has 116 valence electrons. The van der Waals surface area contributed by atoms with Crippen molar-refractivity contribution in [1.82, 2.24) is 15.1 Å². The normalized spacial score (nSPS) is 22.1. The van der Waals surface area contributed by atoms with Crippen LogP contribution in [-0.4, -0.2) is 45.0 Å². The van der Waals surface area contributed by atoms with Gasteiger partial charge in [-0.25, -0.2) is 9.69 Å². The Labute approximate surface area is 129 Å². The molecule has 1 aromatic heterocycles. The Hall–Kier alpha value is -1.40. The quantitative estimate of drug-likeness (QED) is 0.864. The average molecular weight is 313 g/mol. The number of carbonyl (C=O) groups is 1. The molecule has 1 aliphatic rings. The minimum atomic E-state index is -1.00. The molecule has 1 unspecified atom stereocenters. The second-order valence-corrected chi connectivity index (χ2v) is 7.25. The lowest BCUT2D eigenvalue weighted by Gasteiger charge is -2.29. The van der Waals surface area contributed by atoms with Gasteiger partial charge < -0.3 is 10.0 Å². The van der Waals surface area contributed by atoms with E-state index in [9.17, 15) is 9.90 Å². The Morgan fingerprint density at radius 3 is 2.33 bits per heavy atom. The highest BCUT2D eigenvalue weighted by molar-refractivity contribution is 6.30. The van der Waals surface area contributed by atoms with Crippen molar-refractivity contribution in [3.8, 4) is 0 Å². The van der Waals surface area contributed by atoms with Gasteiger partial charge in [0.15, 0.2) is 17.2 Å². The monoisotopic (exact) mass is 312 g/mol. The number of aromatic nitrogens is 2. The number of hydrogen-bond acceptors (Lipinski definition) is 4. The lowest BCUT2D eigenvalue weighted by atomic mass is 9.88. The van der Waals surface area contributed by atoms with Crippen molar-refractivity contribution < 1.29 is 9.90 Å². The summed E-state index contributed by atoms with van der Waals surface area (Å²) < 4.78 is 0. The third-order valence-electron chi connectivity index (χ3n) is 4.02. The number of halogens is 1. The number of aliphatic hydroxyl groups is 1. The molecule has 1 aromatic rings. The van der Waals surface area contributed by atoms with Crippen molar-refractivity contribution in [3.63, 3.8) is 0 Å². The summed E-state index contributed by atoms with van der Waals surface area (Å²) in [5, 5.41) is 18.6. The maximum absolute atomic E-state index is 12.4. The summed E-state index contributed by atoms with van der Waals surface area (Å²) in [6.45, 7) is 9.58. The lowest BCUT2D eigenvalue weighted by Crippen LogP contribution is -2.45. The van der Waals surface area contributed by atoms with Gasteiger partial charge in [0.05, 0.1) is 5.54 Å². The van der Waals surface area contributed by atoms with Crippen molar-refractivity contribution in [2.45, 2.75) is 51.8 Å². The van der Waals surface area contributed by atoms with Gasteiger partial charge in [-0.05, 0) is 25.3 Å². The number of urea groups is 1. The van der Waals surface area contributed by atoms with Crippen molar-refractivity contribution in [1.29, 1.82) is 0 Å². The fourth-order valence-electron chi connectivity index (χ4n) is 2.24. The predicted molar refractivity (Wildman–Crippen MR) is 81.5 cm³/mol. The van der Waals surface area contributed by atoms with Crippen molar-refractivity contribution in [2.75, 3.05) is 11.9 Å². The van der Waals surface area contributed by atoms with E-state index in [0.29, 0.717) is 11.0 Å². The number of rotatable bonds is 1. The van der Waals surface area contributed by atoms with Crippen molar-refractivity contribution >= 4 is 23.4 Å². The van der Waals surface area contributed by atoms with Crippen LogP contribution in [0.15, 0.2) is 6.07 Å². The molecule has 0 bridgehead atoms. The number of anilines is 1. The number of likely N-dealkylation sites (N-methyl/N-ethyl adjacent to an activating group) is 1. The molecule has 0 aromatic carbocycles. The van der Waals surface area contributed by atoms with E-state index in [1.54, 1.807) is 27.0 Å². The van der Waals surface area contributed by atoms with Crippen LogP contribution in [0.2, 0.25) is 5.15 Å². The first kappa shape index (κ1) is 16.0. The topological polar surface area (TPSA) is 69.6 Å². The highest BCUT2D eigenvalue weighted by atomic mass is 35.5. The molecule has 6 nitrogen and oxygen atoms in total. The van der Waals surface area contributed by atoms with Crippen molar-refractivity contribution in [3.05, 3.63) is 16.8 Å². The average Bonchev–Trinajstić information content (AvgIpc) is 2.51. The largest absolute Gasteiger partial charge is 0.371 e. The SMILES string of the molecule is CN1C(=O)N(c2cc(C(C)(C)C)c(Cl)nn2)C(O)C1(C)C. The van der Waals surface area contributed by atoms with Crippen LogP contribution >= 0.6 is 11.6 Å². The molecule has 0 saturated carbocycles. The maximum atomic E-state index is 12.4. The molecule has 0 spiro atoms. The smallest absolute Gasteiger partial charge is 0.328 e. The number of carbonyl (C=O) groups excluding carboxylic acids is 1. The van der Waals surface area contributed by atoms with Crippen LogP contribution in [-0.2, 0) is 5.41 Å². The first-order valence-electron chi connectivity index (χ1n) is 6.76. The fourth-order valence-corrected chi connectivity index (χ4v) is 2.61. The van der Waals surface area contributed by atoms with E-state index in [-0.39, 0.29) is 11.4 Å². The summed E-state index contributed by atoms with van der Waals surface area (Å²) in [5.74, 6) is 0.305. The molecule has 7 heteroatoms. The number of hydrogen-bond donors (Lipinski definition) is 1. The Balaban J connectivity index is 2.51. The van der Waals surface area contributed by atoms with Crippen LogP contribution in [0.4, 0.5) is 10.6 Å². The number of aliphatic hydroxyl groups excluding tert-OH is 1. The Bertz CT molecular complexity index is 583. The highest BCUT2D eigenvalue weighted by Gasteiger charge is 2.50. The summed E-state index contributed by atoms with van der Waals surface area (Å²) in [4.78, 5) is 15.1. The molecule has 1 N–H and O–H groups in total. The van der Waals surface area contributed by atoms with E-state index >= 15 is 0 Å². The molecule has 0 radical (unpaired) electrons. The van der Waals surface area contributed by atoms with E-state index < -0.39 is 11.8 Å². The molecule has 1 atom stereocenters. The molecule has 2 rings (SSSR count). The zero-order valence-corrected chi connectivity index (χ0v) is 13.9. The predicted octanol–water partition coefficient (Wildman–Crippen LogP) is 2.40. The second-order valence-electron chi connectivity index (χ2n) is 6.90. The third kappa shape index (κ3) is 2.46. The van der Waals surface area contributed by atoms with Gasteiger partial charge in [0.2, 0.25) is 0 Å². The number of nitrogens with zero attached hydrogens (tertiary/aromatic N) is 4. The van der Waals surface area contributed by atoms with E-state index in [2.05, 4.69) is 10.2 Å². The zero-order chi connectivity index (χ0) is 16.2. The minimum Gasteiger partial charge on any atom is -0.371 e. The summed E-state index contributed by atoms with van der Waals surface area (Å²) in [7, 11) is 1.65. The molecular weight excluding hydrogens is 292 g/mol. The van der Waals surface area contributed by atoms with Crippen LogP contribution in [0.3, 0.4) is 0 Å². The fraction of sp³-hybridized carbons (Fsp3) is 0.643. The van der Waals surface area contributed by atoms with Crippen LogP contribution in [0, 0.1) is 0 Å². The van der Waals surface area contributed by atoms with Gasteiger partial charge in [0.1, 0.15) is 0 Å². The first-order valence-corrected chi connectivity index (χ1v) is 7.14. The standard InChI is InChI=1S/C14H21ClN4O2/c1-13(2,3)8-7-9(16-17-10(8)15)19-11(20)14(4,5)18(6)12(19)21/h7,11,20H,1-6H3. The molecule has 0 aliphatic carbocycles. The Morgan fingerprint density at radius 2 is 1.90 bits per heavy atom. The van der Waals surface area contributed by atoms with Crippen molar-refractivity contribution in [2.24, 2.45) is 0 Å². The lowest BCUT2D eigenvalue weighted by molar-refractivity contribution is 0.0722. The Kier molecular flexibility index (Phi) is 3.66. The van der Waals surface area contributed by atoms with Crippen LogP contribution in [0.1, 0.15) is 40.2 Å². The van der Waals surface area contributed by atoms with Gasteiger partial charge in [0.25, 0.3) is 0 Å². The zero-order valence-electron chi connectivity index (χ0n) is 13.2. The van der Waals surface area contributed by atoms with Gasteiger partial charge in [0, 0.05) is 12.6 Å². The van der Waals surface area contributed by atoms with Gasteiger partial charge >= 0.3 is 6.03 Å². The molecule has 1 aliphatic heterocycles. The van der Waals surface area contributed by atoms with Gasteiger partial charge in [-0.2, -0.15) is 0 Å². The van der Waals surface area contributed by atoms with Crippen LogP contribution in [0.25, 0.3) is 0 Å². The maximum Gasteiger partial charge on any atom is 0.328 e. The second kappa shape index (κ2) is 4.81. The first-order chi connectivity index (χ1) is 9.48. The van der Waals surface area contributed by atoms with Gasteiger partial charge in [-0.15, -0.1) is 10.2 Å². The summed E-state index contributed by atoms with van der Waals surface area (Å²) in [5.41, 5.74) is -0.168. The molecule has 2 heterocycles. The van der Waals surface area contributed by atoms with Gasteiger partial charge in [-0.3, -0.25) is 0 Å². The third-order valence-corrected chi connectivity index (χ3v) is 4.30. The van der Waals surface area contributed by atoms with Crippen LogP contribution < -0.4 is 4.90 Å². The Morgan fingerprint density at radius 1 is 1.33 bits per heavy atom. The summed E-state index contributed by atoms with van der Waals surface area (Å²) >= 11 is 6.10. The van der Waals surface area contributed by atoms with E-state index in [4.69, 9.17) is 11.6 Å².